The van der Waals surface area contributed by atoms with Crippen LogP contribution in [0.2, 0.25) is 39.3 Å². The molecule has 0 amide bonds. The summed E-state index contributed by atoms with van der Waals surface area (Å²) in [5, 5.41) is 13.6. The first kappa shape index (κ1) is 52.4. The third kappa shape index (κ3) is 10.4. The van der Waals surface area contributed by atoms with Crippen LogP contribution in [0.1, 0.15) is 61.9 Å². The minimum atomic E-state index is -1.43. The SMILES string of the molecule is CC(C)c1cc(-c2ccc([Si](C)(C)C)cc2)cc(C(C)C)c1-n1c(-c2[c-]ccc3c2oc2cc(-c4cccc(C#N)n4)c(F)cc23)nc2ccccc21.[CH2-]c1cc(F)ccc1-c1ccc([Si](C)(C)C)c[n+]1[CH2-].[Ir+3]. The number of halogens is 2. The first-order valence-electron chi connectivity index (χ1n) is 24.4. The van der Waals surface area contributed by atoms with Gasteiger partial charge >= 0.3 is 20.1 Å². The average Bonchev–Trinajstić information content (AvgIpc) is 3.91. The largest absolute Gasteiger partial charge is 3.00 e. The zero-order valence-electron chi connectivity index (χ0n) is 43.1. The van der Waals surface area contributed by atoms with Gasteiger partial charge in [-0.1, -0.05) is 149 Å². The summed E-state index contributed by atoms with van der Waals surface area (Å²) < 4.78 is 39.7. The van der Waals surface area contributed by atoms with Crippen molar-refractivity contribution in [3.8, 4) is 56.8 Å². The van der Waals surface area contributed by atoms with Crippen LogP contribution in [0, 0.1) is 43.0 Å². The molecule has 0 aliphatic rings. The van der Waals surface area contributed by atoms with Crippen LogP contribution in [-0.2, 0) is 20.1 Å². The summed E-state index contributed by atoms with van der Waals surface area (Å²) in [5.41, 5.74) is 13.0. The molecule has 368 valence electrons. The molecule has 0 N–H and O–H groups in total. The molecule has 0 aliphatic heterocycles. The molecule has 0 fully saturated rings. The number of rotatable bonds is 9. The van der Waals surface area contributed by atoms with Gasteiger partial charge in [-0.05, 0) is 82.6 Å². The van der Waals surface area contributed by atoms with Crippen molar-refractivity contribution in [2.24, 2.45) is 0 Å². The fourth-order valence-electron chi connectivity index (χ4n) is 9.38. The van der Waals surface area contributed by atoms with Crippen LogP contribution in [0.5, 0.6) is 0 Å². The molecule has 0 spiro atoms. The van der Waals surface area contributed by atoms with Crippen LogP contribution in [0.15, 0.2) is 144 Å². The van der Waals surface area contributed by atoms with Gasteiger partial charge in [0.15, 0.2) is 0 Å². The van der Waals surface area contributed by atoms with Gasteiger partial charge in [0.1, 0.15) is 23.2 Å². The maximum Gasteiger partial charge on any atom is 3.00 e. The fraction of sp³-hybridized carbons (Fsp3) is 0.194. The number of hydrogen-bond donors (Lipinski definition) is 0. The molecule has 6 nitrogen and oxygen atoms in total. The molecule has 73 heavy (non-hydrogen) atoms. The van der Waals surface area contributed by atoms with Crippen LogP contribution in [0.3, 0.4) is 0 Å². The predicted molar refractivity (Wildman–Crippen MR) is 297 cm³/mol. The number of hydrogen-bond acceptors (Lipinski definition) is 4. The zero-order chi connectivity index (χ0) is 51.4. The number of fused-ring (bicyclic) bond motifs is 4. The number of pyridine rings is 2. The van der Waals surface area contributed by atoms with Crippen molar-refractivity contribution in [1.29, 1.82) is 5.26 Å². The third-order valence-electron chi connectivity index (χ3n) is 13.4. The molecule has 6 aromatic carbocycles. The number of benzene rings is 6. The summed E-state index contributed by atoms with van der Waals surface area (Å²) in [6.07, 6.45) is 2.07. The number of aromatic nitrogens is 4. The summed E-state index contributed by atoms with van der Waals surface area (Å²) in [6, 6.07) is 48.4. The Labute approximate surface area is 443 Å². The molecule has 0 unspecified atom stereocenters. The summed E-state index contributed by atoms with van der Waals surface area (Å²) in [6.45, 7) is 26.9. The van der Waals surface area contributed by atoms with E-state index in [2.05, 4.69) is 151 Å². The summed E-state index contributed by atoms with van der Waals surface area (Å²) in [5.74, 6) is 0.415. The quantitative estimate of drug-likeness (QED) is 0.0820. The normalized spacial score (nSPS) is 11.8. The van der Waals surface area contributed by atoms with Crippen LogP contribution < -0.4 is 14.9 Å². The Hall–Kier alpha value is -6.94. The molecule has 10 aromatic rings. The van der Waals surface area contributed by atoms with Crippen LogP contribution in [0.25, 0.3) is 83.7 Å². The van der Waals surface area contributed by atoms with Gasteiger partial charge in [0.25, 0.3) is 0 Å². The van der Waals surface area contributed by atoms with E-state index in [-0.39, 0.29) is 49.0 Å². The number of nitrogens with zero attached hydrogens (tertiary/aromatic N) is 5. The topological polar surface area (TPSA) is 71.5 Å². The third-order valence-corrected chi connectivity index (χ3v) is 17.5. The second kappa shape index (κ2) is 20.5. The van der Waals surface area contributed by atoms with E-state index in [0.29, 0.717) is 39.2 Å². The van der Waals surface area contributed by atoms with Crippen molar-refractivity contribution in [1.82, 2.24) is 14.5 Å². The van der Waals surface area contributed by atoms with Crippen molar-refractivity contribution in [2.75, 3.05) is 0 Å². The van der Waals surface area contributed by atoms with Crippen LogP contribution >= 0.6 is 0 Å². The van der Waals surface area contributed by atoms with E-state index in [1.807, 2.05) is 47.0 Å². The summed E-state index contributed by atoms with van der Waals surface area (Å²) in [4.78, 5) is 9.60. The molecule has 0 atom stereocenters. The Kier molecular flexibility index (Phi) is 14.7. The molecular formula is C62H59F2IrN5OSi2+. The monoisotopic (exact) mass is 1180 g/mol. The number of nitriles is 1. The molecule has 0 saturated carbocycles. The number of furan rings is 1. The first-order chi connectivity index (χ1) is 34.2. The smallest absolute Gasteiger partial charge is 0.501 e. The molecule has 11 heteroatoms. The molecule has 0 aliphatic carbocycles. The van der Waals surface area contributed by atoms with Gasteiger partial charge in [-0.2, -0.15) is 17.7 Å². The maximum atomic E-state index is 15.8. The first-order valence-corrected chi connectivity index (χ1v) is 31.4. The standard InChI is InChI=1S/C46H40FN4OSi.C16H19FNSi.Ir/c1-27(2)35-22-30(29-18-20-32(21-19-29)53(5,6)7)23-36(28(3)4)44(35)51-42-17-9-8-15-41(42)50-46(51)34-14-11-13-33-37-24-39(47)38(25-43(37)52-45(33)34)40-16-10-12-31(26-48)49-40;1-12-10-13(17)6-8-15(12)16-9-7-14(11-18(16)2)19(3,4)5;/h8-13,15-25,27-28H,1-7H3;6-11H,1-2H2,3-5H3;/q2*-1;+3. The Balaban J connectivity index is 0.000000300. The average molecular weight is 1180 g/mol. The second-order valence-electron chi connectivity index (χ2n) is 21.3. The maximum absolute atomic E-state index is 15.8. The van der Waals surface area contributed by atoms with E-state index < -0.39 is 22.0 Å². The molecule has 4 heterocycles. The Morgan fingerprint density at radius 2 is 1.38 bits per heavy atom. The summed E-state index contributed by atoms with van der Waals surface area (Å²) in [7, 11) is 1.27. The van der Waals surface area contributed by atoms with Crippen molar-refractivity contribution in [3.63, 3.8) is 0 Å². The fourth-order valence-corrected chi connectivity index (χ4v) is 11.7. The molecule has 0 radical (unpaired) electrons. The van der Waals surface area contributed by atoms with Crippen molar-refractivity contribution in [2.45, 2.75) is 78.8 Å². The Morgan fingerprint density at radius 1 is 0.712 bits per heavy atom. The minimum absolute atomic E-state index is 0. The van der Waals surface area contributed by atoms with Gasteiger partial charge in [-0.3, -0.25) is 4.98 Å². The van der Waals surface area contributed by atoms with Gasteiger partial charge in [0.05, 0.1) is 62.0 Å². The Bertz CT molecular complexity index is 3720. The molecule has 10 rings (SSSR count). The number of imidazole rings is 1. The van der Waals surface area contributed by atoms with Gasteiger partial charge in [-0.25, -0.2) is 13.8 Å². The van der Waals surface area contributed by atoms with Gasteiger partial charge < -0.3 is 13.6 Å². The molecule has 0 bridgehead atoms. The minimum Gasteiger partial charge on any atom is -0.501 e. The van der Waals surface area contributed by atoms with E-state index in [1.165, 1.54) is 50.8 Å². The van der Waals surface area contributed by atoms with Crippen molar-refractivity contribution in [3.05, 3.63) is 194 Å². The Morgan fingerprint density at radius 3 is 2.01 bits per heavy atom. The second-order valence-corrected chi connectivity index (χ2v) is 31.4. The van der Waals surface area contributed by atoms with E-state index in [4.69, 9.17) is 9.40 Å². The van der Waals surface area contributed by atoms with E-state index in [9.17, 15) is 9.65 Å². The zero-order valence-corrected chi connectivity index (χ0v) is 47.5. The van der Waals surface area contributed by atoms with Gasteiger partial charge in [0.2, 0.25) is 0 Å². The molecular weight excluding hydrogens is 1120 g/mol. The summed E-state index contributed by atoms with van der Waals surface area (Å²) >= 11 is 0. The van der Waals surface area contributed by atoms with E-state index in [0.717, 1.165) is 33.4 Å². The van der Waals surface area contributed by atoms with Crippen molar-refractivity contribution >= 4 is 59.5 Å². The molecule has 0 saturated heterocycles. The van der Waals surface area contributed by atoms with Crippen molar-refractivity contribution < 1.29 is 37.9 Å². The van der Waals surface area contributed by atoms with Gasteiger partial charge in [0, 0.05) is 23.7 Å². The number of para-hydroxylation sites is 2. The van der Waals surface area contributed by atoms with E-state index in [1.54, 1.807) is 30.3 Å². The predicted octanol–water partition coefficient (Wildman–Crippen LogP) is 15.1. The van der Waals surface area contributed by atoms with Crippen LogP contribution in [0.4, 0.5) is 8.78 Å². The van der Waals surface area contributed by atoms with Crippen LogP contribution in [-0.4, -0.2) is 30.7 Å². The van der Waals surface area contributed by atoms with Gasteiger partial charge in [-0.15, -0.1) is 35.9 Å². The molecule has 4 aromatic heterocycles. The van der Waals surface area contributed by atoms with E-state index >= 15 is 4.39 Å².